The molecule has 1 aromatic heterocycles. The average molecular weight is 411 g/mol. The lowest BCUT2D eigenvalue weighted by Gasteiger charge is -2.21. The zero-order valence-corrected chi connectivity index (χ0v) is 15.5. The number of nitrogens with one attached hydrogen (secondary N) is 1. The van der Waals surface area contributed by atoms with Crippen molar-refractivity contribution in [1.82, 2.24) is 20.1 Å². The number of hydrogen-bond acceptors (Lipinski definition) is 9. The van der Waals surface area contributed by atoms with E-state index in [2.05, 4.69) is 15.2 Å². The summed E-state index contributed by atoms with van der Waals surface area (Å²) in [4.78, 5) is 28.0. The molecule has 2 heterocycles. The largest absolute Gasteiger partial charge is 0.445 e. The molecular formula is C15H17N5O7S. The Hall–Kier alpha value is -3.06. The van der Waals surface area contributed by atoms with Gasteiger partial charge in [-0.1, -0.05) is 0 Å². The molecule has 2 atom stereocenters. The van der Waals surface area contributed by atoms with Gasteiger partial charge >= 0.3 is 6.09 Å². The second-order valence-electron chi connectivity index (χ2n) is 6.18. The molecule has 0 radical (unpaired) electrons. The molecule has 1 aliphatic rings. The molecular weight excluding hydrogens is 394 g/mol. The fraction of sp³-hybridized carbons (Fsp3) is 0.400. The maximum absolute atomic E-state index is 12.5. The Morgan fingerprint density at radius 2 is 2.11 bits per heavy atom. The molecule has 0 aliphatic carbocycles. The number of nitrogens with zero attached hydrogens (tertiary/aromatic N) is 4. The Bertz CT molecular complexity index is 946. The van der Waals surface area contributed by atoms with Gasteiger partial charge in [0.05, 0.1) is 29.9 Å². The minimum atomic E-state index is -3.70. The number of aromatic amines is 1. The summed E-state index contributed by atoms with van der Waals surface area (Å²) in [5.41, 5.74) is 0.499. The van der Waals surface area contributed by atoms with Gasteiger partial charge in [-0.3, -0.25) is 24.3 Å². The van der Waals surface area contributed by atoms with Gasteiger partial charge in [-0.2, -0.15) is 13.5 Å². The van der Waals surface area contributed by atoms with Crippen molar-refractivity contribution in [3.63, 3.8) is 0 Å². The number of rotatable bonds is 6. The summed E-state index contributed by atoms with van der Waals surface area (Å²) in [7, 11) is -3.70. The number of hydrogen-bond donors (Lipinski definition) is 1. The molecule has 1 fully saturated rings. The van der Waals surface area contributed by atoms with Crippen LogP contribution in [0.15, 0.2) is 30.6 Å². The number of H-pyrrole nitrogens is 1. The van der Waals surface area contributed by atoms with Crippen molar-refractivity contribution in [1.29, 1.82) is 0 Å². The van der Waals surface area contributed by atoms with Crippen molar-refractivity contribution in [3.05, 3.63) is 52.1 Å². The van der Waals surface area contributed by atoms with E-state index in [9.17, 15) is 23.3 Å². The lowest BCUT2D eigenvalue weighted by atomic mass is 10.2. The zero-order chi connectivity index (χ0) is 20.3. The monoisotopic (exact) mass is 411 g/mol. The molecule has 13 heteroatoms. The predicted molar refractivity (Wildman–Crippen MR) is 93.4 cm³/mol. The van der Waals surface area contributed by atoms with Crippen molar-refractivity contribution in [2.45, 2.75) is 25.2 Å². The van der Waals surface area contributed by atoms with Crippen LogP contribution in [0.1, 0.15) is 23.9 Å². The van der Waals surface area contributed by atoms with Crippen LogP contribution in [0.2, 0.25) is 0 Å². The number of non-ortho nitro benzene ring substituents is 1. The van der Waals surface area contributed by atoms with E-state index in [0.717, 1.165) is 6.26 Å². The number of ether oxygens (including phenoxy) is 1. The van der Waals surface area contributed by atoms with Crippen LogP contribution in [0.3, 0.4) is 0 Å². The van der Waals surface area contributed by atoms with Crippen LogP contribution in [0.25, 0.3) is 0 Å². The van der Waals surface area contributed by atoms with Crippen LogP contribution >= 0.6 is 0 Å². The van der Waals surface area contributed by atoms with Crippen LogP contribution in [0, 0.1) is 10.1 Å². The van der Waals surface area contributed by atoms with E-state index in [0.29, 0.717) is 11.4 Å². The van der Waals surface area contributed by atoms with Gasteiger partial charge in [0.2, 0.25) is 0 Å². The number of nitro benzene ring substituents is 1. The van der Waals surface area contributed by atoms with E-state index in [4.69, 9.17) is 8.92 Å². The molecule has 3 rings (SSSR count). The summed E-state index contributed by atoms with van der Waals surface area (Å²) in [6.07, 6.45) is 0.984. The number of carbonyl (C=O) groups excluding carboxylic acids is 1. The van der Waals surface area contributed by atoms with Gasteiger partial charge in [0, 0.05) is 18.6 Å². The number of carbonyl (C=O) groups is 1. The quantitative estimate of drug-likeness (QED) is 0.418. The van der Waals surface area contributed by atoms with Gasteiger partial charge < -0.3 is 4.74 Å². The average Bonchev–Trinajstić information content (AvgIpc) is 3.28. The van der Waals surface area contributed by atoms with Crippen molar-refractivity contribution in [2.24, 2.45) is 0 Å². The van der Waals surface area contributed by atoms with Crippen LogP contribution in [0.4, 0.5) is 10.5 Å². The van der Waals surface area contributed by atoms with Crippen LogP contribution in [-0.2, 0) is 25.6 Å². The topological polar surface area (TPSA) is 158 Å². The third kappa shape index (κ3) is 4.80. The second-order valence-corrected chi connectivity index (χ2v) is 7.78. The summed E-state index contributed by atoms with van der Waals surface area (Å²) in [6, 6.07) is 5.01. The maximum Gasteiger partial charge on any atom is 0.410 e. The first-order valence-electron chi connectivity index (χ1n) is 8.13. The Kier molecular flexibility index (Phi) is 5.56. The van der Waals surface area contributed by atoms with E-state index < -0.39 is 33.3 Å². The normalized spacial score (nSPS) is 19.5. The third-order valence-corrected chi connectivity index (χ3v) is 4.69. The fourth-order valence-corrected chi connectivity index (χ4v) is 3.53. The summed E-state index contributed by atoms with van der Waals surface area (Å²) < 4.78 is 33.1. The molecule has 1 aliphatic heterocycles. The molecule has 1 aromatic carbocycles. The molecule has 28 heavy (non-hydrogen) atoms. The van der Waals surface area contributed by atoms with E-state index in [-0.39, 0.29) is 25.3 Å². The highest BCUT2D eigenvalue weighted by atomic mass is 32.2. The van der Waals surface area contributed by atoms with Crippen LogP contribution in [-0.4, -0.2) is 58.4 Å². The molecule has 1 saturated heterocycles. The summed E-state index contributed by atoms with van der Waals surface area (Å²) in [5.74, 6) is 0.381. The summed E-state index contributed by atoms with van der Waals surface area (Å²) >= 11 is 0. The Morgan fingerprint density at radius 3 is 2.68 bits per heavy atom. The maximum atomic E-state index is 12.5. The fourth-order valence-electron chi connectivity index (χ4n) is 2.89. The molecule has 1 N–H and O–H groups in total. The SMILES string of the molecule is CS(=O)(=O)OC1CC(c2ncn[nH]2)N(C(=O)OCc2ccc([N+](=O)[O-])cc2)C1. The van der Waals surface area contributed by atoms with Crippen LogP contribution in [0.5, 0.6) is 0 Å². The number of aromatic nitrogens is 3. The first-order valence-corrected chi connectivity index (χ1v) is 9.95. The molecule has 0 bridgehead atoms. The van der Waals surface area contributed by atoms with Gasteiger partial charge in [-0.05, 0) is 17.7 Å². The number of nitro groups is 1. The highest BCUT2D eigenvalue weighted by molar-refractivity contribution is 7.86. The minimum Gasteiger partial charge on any atom is -0.445 e. The van der Waals surface area contributed by atoms with Gasteiger partial charge in [0.15, 0.2) is 0 Å². The molecule has 2 aromatic rings. The lowest BCUT2D eigenvalue weighted by molar-refractivity contribution is -0.384. The van der Waals surface area contributed by atoms with Crippen molar-refractivity contribution in [2.75, 3.05) is 12.8 Å². The standard InChI is InChI=1S/C15H17N5O7S/c1-28(24,25)27-12-6-13(14-16-9-17-18-14)19(7-12)15(21)26-8-10-2-4-11(5-3-10)20(22)23/h2-5,9,12-13H,6-8H2,1H3,(H,16,17,18). The van der Waals surface area contributed by atoms with E-state index in [1.807, 2.05) is 0 Å². The molecule has 2 unspecified atom stereocenters. The highest BCUT2D eigenvalue weighted by Crippen LogP contribution is 2.32. The van der Waals surface area contributed by atoms with Crippen molar-refractivity contribution < 1.29 is 27.1 Å². The van der Waals surface area contributed by atoms with E-state index in [1.165, 1.54) is 35.5 Å². The third-order valence-electron chi connectivity index (χ3n) is 4.07. The van der Waals surface area contributed by atoms with Gasteiger partial charge in [-0.25, -0.2) is 9.78 Å². The molecule has 1 amide bonds. The first-order chi connectivity index (χ1) is 13.2. The van der Waals surface area contributed by atoms with Crippen molar-refractivity contribution >= 4 is 21.9 Å². The Balaban J connectivity index is 1.68. The zero-order valence-electron chi connectivity index (χ0n) is 14.7. The summed E-state index contributed by atoms with van der Waals surface area (Å²) in [6.45, 7) is -0.106. The molecule has 12 nitrogen and oxygen atoms in total. The van der Waals surface area contributed by atoms with Gasteiger partial charge in [0.1, 0.15) is 18.8 Å². The van der Waals surface area contributed by atoms with Crippen molar-refractivity contribution in [3.8, 4) is 0 Å². The molecule has 0 saturated carbocycles. The predicted octanol–water partition coefficient (Wildman–Crippen LogP) is 1.14. The Labute approximate surface area is 159 Å². The highest BCUT2D eigenvalue weighted by Gasteiger charge is 2.40. The molecule has 0 spiro atoms. The Morgan fingerprint density at radius 1 is 1.39 bits per heavy atom. The first kappa shape index (κ1) is 19.7. The number of likely N-dealkylation sites (tertiary alicyclic amines) is 1. The van der Waals surface area contributed by atoms with Gasteiger partial charge in [0.25, 0.3) is 15.8 Å². The lowest BCUT2D eigenvalue weighted by Crippen LogP contribution is -2.33. The van der Waals surface area contributed by atoms with E-state index >= 15 is 0 Å². The summed E-state index contributed by atoms with van der Waals surface area (Å²) in [5, 5.41) is 17.1. The van der Waals surface area contributed by atoms with Crippen LogP contribution < -0.4 is 0 Å². The van der Waals surface area contributed by atoms with E-state index in [1.54, 1.807) is 0 Å². The molecule has 150 valence electrons. The number of amides is 1. The smallest absolute Gasteiger partial charge is 0.410 e. The number of benzene rings is 1. The van der Waals surface area contributed by atoms with Gasteiger partial charge in [-0.15, -0.1) is 0 Å². The minimum absolute atomic E-state index is 0.00245. The second kappa shape index (κ2) is 7.90.